The summed E-state index contributed by atoms with van der Waals surface area (Å²) in [6, 6.07) is 6.73. The number of fused-ring (bicyclic) bond motifs is 1. The Hall–Kier alpha value is -3.18. The van der Waals surface area contributed by atoms with Gasteiger partial charge in [0.15, 0.2) is 0 Å². The molecule has 0 saturated carbocycles. The molecule has 0 unspecified atom stereocenters. The second kappa shape index (κ2) is 9.59. The largest absolute Gasteiger partial charge is 0.416 e. The number of hydrogen-bond acceptors (Lipinski definition) is 5. The molecule has 11 heteroatoms. The van der Waals surface area contributed by atoms with Gasteiger partial charge in [0.2, 0.25) is 5.91 Å². The summed E-state index contributed by atoms with van der Waals surface area (Å²) in [6.45, 7) is 8.15. The molecule has 180 valence electrons. The number of alkyl halides is 3. The summed E-state index contributed by atoms with van der Waals surface area (Å²) in [5.41, 5.74) is 0.172. The minimum atomic E-state index is -4.46. The summed E-state index contributed by atoms with van der Waals surface area (Å²) in [5, 5.41) is 7.88. The van der Waals surface area contributed by atoms with E-state index in [1.807, 2.05) is 4.90 Å². The van der Waals surface area contributed by atoms with Gasteiger partial charge >= 0.3 is 6.18 Å². The highest BCUT2D eigenvalue weighted by Crippen LogP contribution is 2.34. The molecule has 0 radical (unpaired) electrons. The molecule has 0 aliphatic carbocycles. The number of aryl methyl sites for hydroxylation is 1. The van der Waals surface area contributed by atoms with Crippen molar-refractivity contribution in [2.45, 2.75) is 13.1 Å². The molecule has 1 fully saturated rings. The lowest BCUT2D eigenvalue weighted by Gasteiger charge is -2.34. The van der Waals surface area contributed by atoms with Crippen molar-refractivity contribution in [3.8, 4) is 5.69 Å². The number of thiophene rings is 1. The maximum atomic E-state index is 13.2. The Morgan fingerprint density at radius 1 is 1.21 bits per heavy atom. The van der Waals surface area contributed by atoms with Crippen molar-refractivity contribution in [3.05, 3.63) is 59.1 Å². The molecule has 0 atom stereocenters. The average molecular weight is 492 g/mol. The van der Waals surface area contributed by atoms with Gasteiger partial charge in [-0.15, -0.1) is 17.9 Å². The number of nitrogens with zero attached hydrogens (tertiary/aromatic N) is 4. The molecule has 34 heavy (non-hydrogen) atoms. The number of rotatable bonds is 6. The predicted octanol–water partition coefficient (Wildman–Crippen LogP) is 3.47. The van der Waals surface area contributed by atoms with Crippen LogP contribution in [0.25, 0.3) is 15.9 Å². The first kappa shape index (κ1) is 24.0. The first-order valence-electron chi connectivity index (χ1n) is 10.7. The molecule has 1 aliphatic heterocycles. The van der Waals surface area contributed by atoms with Crippen molar-refractivity contribution >= 4 is 33.4 Å². The fraction of sp³-hybridized carbons (Fsp3) is 0.348. The highest BCUT2D eigenvalue weighted by molar-refractivity contribution is 7.20. The summed E-state index contributed by atoms with van der Waals surface area (Å²) < 4.78 is 41.0. The molecule has 3 heterocycles. The molecule has 4 rings (SSSR count). The van der Waals surface area contributed by atoms with Gasteiger partial charge < -0.3 is 10.2 Å². The van der Waals surface area contributed by atoms with E-state index in [1.165, 1.54) is 22.1 Å². The van der Waals surface area contributed by atoms with Crippen LogP contribution in [0.5, 0.6) is 0 Å². The number of amides is 2. The first-order valence-corrected chi connectivity index (χ1v) is 11.5. The van der Waals surface area contributed by atoms with Gasteiger partial charge in [-0.25, -0.2) is 4.68 Å². The summed E-state index contributed by atoms with van der Waals surface area (Å²) in [6.07, 6.45) is -2.84. The second-order valence-electron chi connectivity index (χ2n) is 8.04. The SMILES string of the molecule is C=CCNC(=O)CN1CCN(C(=O)c2cc3c(C)nn(-c4cccc(C(F)(F)F)c4)c3s2)CC1. The van der Waals surface area contributed by atoms with E-state index in [1.54, 1.807) is 30.0 Å². The smallest absolute Gasteiger partial charge is 0.352 e. The standard InChI is InChI=1S/C23H24F3N5O2S/c1-3-7-27-20(32)14-29-8-10-30(11-9-29)21(33)19-13-18-15(2)28-31(22(18)34-19)17-6-4-5-16(12-17)23(24,25)26/h3-6,12-13H,1,7-11,14H2,2H3,(H,27,32). The lowest BCUT2D eigenvalue weighted by molar-refractivity contribution is -0.137. The van der Waals surface area contributed by atoms with Crippen LogP contribution in [0.2, 0.25) is 0 Å². The van der Waals surface area contributed by atoms with Gasteiger partial charge in [-0.3, -0.25) is 14.5 Å². The molecule has 1 saturated heterocycles. The molecular formula is C23H24F3N5O2S. The van der Waals surface area contributed by atoms with Crippen molar-refractivity contribution in [1.29, 1.82) is 0 Å². The maximum Gasteiger partial charge on any atom is 0.416 e. The molecule has 2 aromatic heterocycles. The first-order chi connectivity index (χ1) is 16.2. The number of carbonyl (C=O) groups excluding carboxylic acids is 2. The summed E-state index contributed by atoms with van der Waals surface area (Å²) >= 11 is 1.22. The van der Waals surface area contributed by atoms with Crippen molar-refractivity contribution in [2.24, 2.45) is 0 Å². The Labute approximate surface area is 198 Å². The number of benzene rings is 1. The zero-order chi connectivity index (χ0) is 24.5. The number of hydrogen-bond donors (Lipinski definition) is 1. The predicted molar refractivity (Wildman–Crippen MR) is 124 cm³/mol. The van der Waals surface area contributed by atoms with Crippen LogP contribution < -0.4 is 5.32 Å². The third-order valence-electron chi connectivity index (χ3n) is 5.64. The van der Waals surface area contributed by atoms with Crippen LogP contribution in [0.1, 0.15) is 20.9 Å². The van der Waals surface area contributed by atoms with Gasteiger partial charge in [-0.05, 0) is 31.2 Å². The van der Waals surface area contributed by atoms with E-state index in [9.17, 15) is 22.8 Å². The van der Waals surface area contributed by atoms with Gasteiger partial charge in [0.1, 0.15) is 4.83 Å². The fourth-order valence-corrected chi connectivity index (χ4v) is 5.00. The normalized spacial score (nSPS) is 15.0. The minimum Gasteiger partial charge on any atom is -0.352 e. The number of nitrogens with one attached hydrogen (secondary N) is 1. The quantitative estimate of drug-likeness (QED) is 0.536. The molecule has 3 aromatic rings. The topological polar surface area (TPSA) is 70.5 Å². The summed E-state index contributed by atoms with van der Waals surface area (Å²) in [7, 11) is 0. The zero-order valence-corrected chi connectivity index (χ0v) is 19.4. The Kier molecular flexibility index (Phi) is 6.76. The molecule has 1 N–H and O–H groups in total. The third kappa shape index (κ3) is 5.00. The lowest BCUT2D eigenvalue weighted by atomic mass is 10.2. The van der Waals surface area contributed by atoms with Gasteiger partial charge in [-0.1, -0.05) is 12.1 Å². The van der Waals surface area contributed by atoms with Crippen LogP contribution in [0.15, 0.2) is 43.0 Å². The second-order valence-corrected chi connectivity index (χ2v) is 9.07. The van der Waals surface area contributed by atoms with Gasteiger partial charge in [-0.2, -0.15) is 18.3 Å². The molecule has 1 aliphatic rings. The minimum absolute atomic E-state index is 0.0844. The molecule has 0 spiro atoms. The van der Waals surface area contributed by atoms with E-state index in [0.717, 1.165) is 17.5 Å². The van der Waals surface area contributed by atoms with Crippen LogP contribution in [-0.4, -0.2) is 70.7 Å². The van der Waals surface area contributed by atoms with E-state index < -0.39 is 11.7 Å². The van der Waals surface area contributed by atoms with E-state index in [-0.39, 0.29) is 24.0 Å². The van der Waals surface area contributed by atoms with E-state index in [4.69, 9.17) is 0 Å². The zero-order valence-electron chi connectivity index (χ0n) is 18.6. The van der Waals surface area contributed by atoms with Gasteiger partial charge in [0, 0.05) is 38.1 Å². The number of piperazine rings is 1. The van der Waals surface area contributed by atoms with Crippen LogP contribution in [-0.2, 0) is 11.0 Å². The maximum absolute atomic E-state index is 13.2. The van der Waals surface area contributed by atoms with Crippen molar-refractivity contribution < 1.29 is 22.8 Å². The summed E-state index contributed by atoms with van der Waals surface area (Å²) in [4.78, 5) is 29.9. The van der Waals surface area contributed by atoms with Crippen LogP contribution >= 0.6 is 11.3 Å². The monoisotopic (exact) mass is 491 g/mol. The number of halogens is 3. The molecule has 1 aromatic carbocycles. The van der Waals surface area contributed by atoms with Gasteiger partial charge in [0.05, 0.1) is 28.4 Å². The van der Waals surface area contributed by atoms with Crippen LogP contribution in [0.3, 0.4) is 0 Å². The van der Waals surface area contributed by atoms with Gasteiger partial charge in [0.25, 0.3) is 5.91 Å². The number of carbonyl (C=O) groups is 2. The van der Waals surface area contributed by atoms with E-state index in [2.05, 4.69) is 17.0 Å². The van der Waals surface area contributed by atoms with Crippen molar-refractivity contribution in [2.75, 3.05) is 39.3 Å². The van der Waals surface area contributed by atoms with E-state index >= 15 is 0 Å². The lowest BCUT2D eigenvalue weighted by Crippen LogP contribution is -2.51. The Balaban J connectivity index is 1.49. The highest BCUT2D eigenvalue weighted by Gasteiger charge is 2.31. The highest BCUT2D eigenvalue weighted by atomic mass is 32.1. The third-order valence-corrected chi connectivity index (χ3v) is 6.74. The van der Waals surface area contributed by atoms with Crippen LogP contribution in [0, 0.1) is 6.92 Å². The van der Waals surface area contributed by atoms with Crippen molar-refractivity contribution in [3.63, 3.8) is 0 Å². The molecular weight excluding hydrogens is 467 g/mol. The average Bonchev–Trinajstić information content (AvgIpc) is 3.38. The van der Waals surface area contributed by atoms with E-state index in [0.29, 0.717) is 48.1 Å². The van der Waals surface area contributed by atoms with Crippen LogP contribution in [0.4, 0.5) is 13.2 Å². The molecule has 7 nitrogen and oxygen atoms in total. The molecule has 0 bridgehead atoms. The Bertz CT molecular complexity index is 1230. The van der Waals surface area contributed by atoms with Crippen molar-refractivity contribution in [1.82, 2.24) is 24.9 Å². The summed E-state index contributed by atoms with van der Waals surface area (Å²) in [5.74, 6) is -0.217. The molecule has 2 amide bonds. The Morgan fingerprint density at radius 2 is 1.94 bits per heavy atom. The fourth-order valence-electron chi connectivity index (χ4n) is 3.85. The Morgan fingerprint density at radius 3 is 2.62 bits per heavy atom. The number of aromatic nitrogens is 2.